The smallest absolute Gasteiger partial charge is 0.358 e. The minimum absolute atomic E-state index is 0.122. The number of hydrogen-bond acceptors (Lipinski definition) is 5. The Morgan fingerprint density at radius 2 is 2.00 bits per heavy atom. The zero-order chi connectivity index (χ0) is 21.1. The molecule has 0 radical (unpaired) electrons. The van der Waals surface area contributed by atoms with Crippen molar-refractivity contribution < 1.29 is 19.1 Å². The third kappa shape index (κ3) is 4.15. The molecule has 3 rings (SSSR count). The van der Waals surface area contributed by atoms with E-state index in [9.17, 15) is 9.59 Å². The second-order valence-corrected chi connectivity index (χ2v) is 7.75. The molecular weight excluding hydrogens is 388 g/mol. The number of rotatable bonds is 7. The molecule has 2 heterocycles. The summed E-state index contributed by atoms with van der Waals surface area (Å²) in [4.78, 5) is 25.2. The van der Waals surface area contributed by atoms with E-state index in [1.54, 1.807) is 17.6 Å². The van der Waals surface area contributed by atoms with Gasteiger partial charge in [0.05, 0.1) is 23.8 Å². The summed E-state index contributed by atoms with van der Waals surface area (Å²) in [6.07, 6.45) is 0.610. The van der Waals surface area contributed by atoms with Crippen molar-refractivity contribution in [2.45, 2.75) is 40.2 Å². The Hall–Kier alpha value is -2.80. The molecule has 7 heteroatoms. The summed E-state index contributed by atoms with van der Waals surface area (Å²) in [5.41, 5.74) is 3.54. The Balaban J connectivity index is 2.16. The molecule has 29 heavy (non-hydrogen) atoms. The third-order valence-corrected chi connectivity index (χ3v) is 5.30. The van der Waals surface area contributed by atoms with Crippen molar-refractivity contribution in [1.82, 2.24) is 4.57 Å². The molecule has 0 aliphatic heterocycles. The molecule has 0 saturated heterocycles. The van der Waals surface area contributed by atoms with Crippen LogP contribution < -0.4 is 10.1 Å². The molecule has 0 bridgehead atoms. The summed E-state index contributed by atoms with van der Waals surface area (Å²) in [6.45, 7) is 7.91. The van der Waals surface area contributed by atoms with Crippen LogP contribution in [0.2, 0.25) is 0 Å². The van der Waals surface area contributed by atoms with Gasteiger partial charge in [-0.3, -0.25) is 4.79 Å². The van der Waals surface area contributed by atoms with Crippen LogP contribution in [0.1, 0.15) is 54.1 Å². The van der Waals surface area contributed by atoms with E-state index in [-0.39, 0.29) is 18.6 Å². The standard InChI is InChI=1S/C22H26N2O4S/c1-6-14-10-18-16(11-17(14)23-21(25)15-8-9-29-12-15)20(28-13(3)4)19(24(18)5)22(26)27-7-2/h8-13H,6-7H2,1-5H3,(H,23,25). The molecular formula is C22H26N2O4S. The quantitative estimate of drug-likeness (QED) is 0.551. The van der Waals surface area contributed by atoms with Gasteiger partial charge in [0.2, 0.25) is 0 Å². The molecule has 1 amide bonds. The van der Waals surface area contributed by atoms with Crippen LogP contribution in [0.5, 0.6) is 5.75 Å². The fourth-order valence-electron chi connectivity index (χ4n) is 3.27. The molecule has 2 aromatic heterocycles. The van der Waals surface area contributed by atoms with Gasteiger partial charge in [-0.15, -0.1) is 0 Å². The third-order valence-electron chi connectivity index (χ3n) is 4.61. The summed E-state index contributed by atoms with van der Waals surface area (Å²) in [5, 5.41) is 7.46. The molecule has 0 fully saturated rings. The van der Waals surface area contributed by atoms with Gasteiger partial charge in [0, 0.05) is 23.5 Å². The molecule has 0 aliphatic carbocycles. The van der Waals surface area contributed by atoms with Crippen LogP contribution in [0.4, 0.5) is 5.69 Å². The van der Waals surface area contributed by atoms with Crippen LogP contribution in [0.25, 0.3) is 10.9 Å². The minimum atomic E-state index is -0.427. The molecule has 3 aromatic rings. The Kier molecular flexibility index (Phi) is 6.27. The lowest BCUT2D eigenvalue weighted by Gasteiger charge is -2.13. The number of hydrogen-bond donors (Lipinski definition) is 1. The zero-order valence-electron chi connectivity index (χ0n) is 17.4. The Morgan fingerprint density at radius 1 is 1.24 bits per heavy atom. The van der Waals surface area contributed by atoms with Gasteiger partial charge in [0.15, 0.2) is 11.4 Å². The van der Waals surface area contributed by atoms with Crippen LogP contribution in [-0.2, 0) is 18.2 Å². The summed E-state index contributed by atoms with van der Waals surface area (Å²) in [6, 6.07) is 5.67. The number of carbonyl (C=O) groups is 2. The Morgan fingerprint density at radius 3 is 2.59 bits per heavy atom. The number of esters is 1. The van der Waals surface area contributed by atoms with E-state index in [1.165, 1.54) is 11.3 Å². The van der Waals surface area contributed by atoms with Crippen LogP contribution in [-0.4, -0.2) is 29.2 Å². The van der Waals surface area contributed by atoms with Crippen molar-refractivity contribution in [2.24, 2.45) is 7.05 Å². The van der Waals surface area contributed by atoms with E-state index >= 15 is 0 Å². The van der Waals surface area contributed by atoms with Gasteiger partial charge in [-0.2, -0.15) is 11.3 Å². The molecule has 6 nitrogen and oxygen atoms in total. The van der Waals surface area contributed by atoms with Gasteiger partial charge in [-0.1, -0.05) is 6.92 Å². The normalized spacial score (nSPS) is 11.1. The highest BCUT2D eigenvalue weighted by Gasteiger charge is 2.26. The van der Waals surface area contributed by atoms with Crippen LogP contribution in [0, 0.1) is 0 Å². The number of benzene rings is 1. The number of amides is 1. The number of thiophene rings is 1. The molecule has 0 unspecified atom stereocenters. The lowest BCUT2D eigenvalue weighted by molar-refractivity contribution is 0.0509. The maximum Gasteiger partial charge on any atom is 0.358 e. The second-order valence-electron chi connectivity index (χ2n) is 6.97. The van der Waals surface area contributed by atoms with Crippen molar-refractivity contribution in [1.29, 1.82) is 0 Å². The molecule has 0 atom stereocenters. The molecule has 154 valence electrons. The van der Waals surface area contributed by atoms with E-state index in [2.05, 4.69) is 5.32 Å². The largest absolute Gasteiger partial charge is 0.488 e. The molecule has 1 aromatic carbocycles. The maximum atomic E-state index is 12.6. The monoisotopic (exact) mass is 414 g/mol. The highest BCUT2D eigenvalue weighted by atomic mass is 32.1. The second kappa shape index (κ2) is 8.69. The lowest BCUT2D eigenvalue weighted by atomic mass is 10.1. The van der Waals surface area contributed by atoms with Crippen molar-refractivity contribution >= 4 is 39.8 Å². The van der Waals surface area contributed by atoms with Gasteiger partial charge < -0.3 is 19.4 Å². The number of aromatic nitrogens is 1. The molecule has 0 aliphatic rings. The fourth-order valence-corrected chi connectivity index (χ4v) is 3.91. The van der Waals surface area contributed by atoms with E-state index in [0.717, 1.165) is 22.9 Å². The number of carbonyl (C=O) groups excluding carboxylic acids is 2. The van der Waals surface area contributed by atoms with Crippen LogP contribution >= 0.6 is 11.3 Å². The summed E-state index contributed by atoms with van der Waals surface area (Å²) in [5.74, 6) is -0.110. The summed E-state index contributed by atoms with van der Waals surface area (Å²) < 4.78 is 13.1. The SMILES string of the molecule is CCOC(=O)c1c(OC(C)C)c2cc(NC(=O)c3ccsc3)c(CC)cc2n1C. The summed E-state index contributed by atoms with van der Waals surface area (Å²) in [7, 11) is 1.82. The predicted octanol–water partition coefficient (Wildman–Crippen LogP) is 5.02. The number of ether oxygens (including phenoxy) is 2. The van der Waals surface area contributed by atoms with Crippen molar-refractivity contribution in [3.05, 3.63) is 45.8 Å². The number of aryl methyl sites for hydroxylation is 2. The molecule has 0 spiro atoms. The number of nitrogens with zero attached hydrogens (tertiary/aromatic N) is 1. The van der Waals surface area contributed by atoms with Crippen molar-refractivity contribution in [2.75, 3.05) is 11.9 Å². The first kappa shape index (κ1) is 20.9. The van der Waals surface area contributed by atoms with E-state index < -0.39 is 5.97 Å². The maximum absolute atomic E-state index is 12.6. The highest BCUT2D eigenvalue weighted by Crippen LogP contribution is 2.37. The van der Waals surface area contributed by atoms with Gasteiger partial charge in [0.1, 0.15) is 0 Å². The first-order valence-electron chi connectivity index (χ1n) is 9.69. The van der Waals surface area contributed by atoms with Crippen molar-refractivity contribution in [3.63, 3.8) is 0 Å². The van der Waals surface area contributed by atoms with Gasteiger partial charge in [0.25, 0.3) is 5.91 Å². The Bertz CT molecular complexity index is 1040. The van der Waals surface area contributed by atoms with Gasteiger partial charge in [-0.25, -0.2) is 4.79 Å². The first-order valence-corrected chi connectivity index (χ1v) is 10.6. The predicted molar refractivity (Wildman–Crippen MR) is 116 cm³/mol. The van der Waals surface area contributed by atoms with E-state index in [4.69, 9.17) is 9.47 Å². The topological polar surface area (TPSA) is 69.6 Å². The van der Waals surface area contributed by atoms with Crippen LogP contribution in [0.15, 0.2) is 29.0 Å². The molecule has 1 N–H and O–H groups in total. The van der Waals surface area contributed by atoms with Crippen molar-refractivity contribution in [3.8, 4) is 5.75 Å². The van der Waals surface area contributed by atoms with E-state index in [1.807, 2.05) is 50.7 Å². The molecule has 0 saturated carbocycles. The first-order chi connectivity index (χ1) is 13.9. The minimum Gasteiger partial charge on any atom is -0.488 e. The van der Waals surface area contributed by atoms with Crippen LogP contribution in [0.3, 0.4) is 0 Å². The lowest BCUT2D eigenvalue weighted by Crippen LogP contribution is -2.14. The number of anilines is 1. The average Bonchev–Trinajstić information content (AvgIpc) is 3.29. The Labute approximate surface area is 174 Å². The average molecular weight is 415 g/mol. The fraction of sp³-hybridized carbons (Fsp3) is 0.364. The number of nitrogens with one attached hydrogen (secondary N) is 1. The zero-order valence-corrected chi connectivity index (χ0v) is 18.2. The summed E-state index contributed by atoms with van der Waals surface area (Å²) >= 11 is 1.48. The highest BCUT2D eigenvalue weighted by molar-refractivity contribution is 7.08. The van der Waals surface area contributed by atoms with Gasteiger partial charge >= 0.3 is 5.97 Å². The van der Waals surface area contributed by atoms with Gasteiger partial charge in [-0.05, 0) is 56.3 Å². The van der Waals surface area contributed by atoms with E-state index in [0.29, 0.717) is 22.7 Å². The number of fused-ring (bicyclic) bond motifs is 1.